The smallest absolute Gasteiger partial charge is 0.329 e. The molecule has 0 fully saturated rings. The van der Waals surface area contributed by atoms with Gasteiger partial charge in [0.05, 0.1) is 6.61 Å². The lowest BCUT2D eigenvalue weighted by Crippen LogP contribution is -2.45. The van der Waals surface area contributed by atoms with Crippen LogP contribution in [-0.4, -0.2) is 30.4 Å². The van der Waals surface area contributed by atoms with E-state index in [9.17, 15) is 9.59 Å². The van der Waals surface area contributed by atoms with Crippen molar-refractivity contribution in [2.75, 3.05) is 17.7 Å². The highest BCUT2D eigenvalue weighted by atomic mass is 32.2. The maximum absolute atomic E-state index is 12.4. The maximum Gasteiger partial charge on any atom is 0.329 e. The van der Waals surface area contributed by atoms with E-state index in [1.54, 1.807) is 18.7 Å². The van der Waals surface area contributed by atoms with Crippen LogP contribution < -0.4 is 10.6 Å². The molecule has 0 radical (unpaired) electrons. The third kappa shape index (κ3) is 6.98. The molecule has 2 amide bonds. The Hall–Kier alpha value is -2.47. The van der Waals surface area contributed by atoms with Gasteiger partial charge < -0.3 is 15.4 Å². The average molecular weight is 387 g/mol. The molecule has 1 unspecified atom stereocenters. The molecule has 0 aliphatic heterocycles. The monoisotopic (exact) mass is 386 g/mol. The Labute approximate surface area is 164 Å². The van der Waals surface area contributed by atoms with Crippen LogP contribution in [0.3, 0.4) is 0 Å². The van der Waals surface area contributed by atoms with Crippen molar-refractivity contribution in [1.82, 2.24) is 5.32 Å². The molecule has 1 atom stereocenters. The van der Waals surface area contributed by atoms with Crippen LogP contribution in [0.5, 0.6) is 0 Å². The Balaban J connectivity index is 1.95. The van der Waals surface area contributed by atoms with Gasteiger partial charge in [0.1, 0.15) is 6.04 Å². The van der Waals surface area contributed by atoms with Crippen molar-refractivity contribution < 1.29 is 14.3 Å². The number of ether oxygens (including phenoxy) is 1. The summed E-state index contributed by atoms with van der Waals surface area (Å²) in [7, 11) is 0. The second-order valence-electron chi connectivity index (χ2n) is 6.22. The van der Waals surface area contributed by atoms with Gasteiger partial charge in [0, 0.05) is 17.2 Å². The number of urea groups is 1. The fourth-order valence-corrected chi connectivity index (χ4v) is 3.47. The third-order valence-corrected chi connectivity index (χ3v) is 5.02. The standard InChI is InChI=1S/C21H26N2O3S/c1-4-26-20(24)19(14-27-13-17-8-6-5-7-9-17)23-21(25)22-18-12-15(2)10-11-16(18)3/h5-12,19H,4,13-14H2,1-3H3,(H2,22,23,25). The zero-order valence-corrected chi connectivity index (χ0v) is 16.8. The minimum absolute atomic E-state index is 0.277. The van der Waals surface area contributed by atoms with Crippen LogP contribution in [0.15, 0.2) is 48.5 Å². The summed E-state index contributed by atoms with van der Waals surface area (Å²) in [6, 6.07) is 14.7. The summed E-state index contributed by atoms with van der Waals surface area (Å²) in [4.78, 5) is 24.6. The minimum Gasteiger partial charge on any atom is -0.464 e. The summed E-state index contributed by atoms with van der Waals surface area (Å²) in [6.45, 7) is 5.92. The van der Waals surface area contributed by atoms with Gasteiger partial charge in [-0.1, -0.05) is 42.5 Å². The number of carbonyl (C=O) groups excluding carboxylic acids is 2. The first-order valence-corrected chi connectivity index (χ1v) is 10.1. The number of anilines is 1. The molecule has 0 aliphatic carbocycles. The van der Waals surface area contributed by atoms with Crippen molar-refractivity contribution in [3.8, 4) is 0 Å². The fraction of sp³-hybridized carbons (Fsp3) is 0.333. The zero-order valence-electron chi connectivity index (χ0n) is 16.0. The highest BCUT2D eigenvalue weighted by Gasteiger charge is 2.22. The van der Waals surface area contributed by atoms with Crippen LogP contribution in [0.25, 0.3) is 0 Å². The molecule has 0 aliphatic rings. The molecule has 6 heteroatoms. The zero-order chi connectivity index (χ0) is 19.6. The lowest BCUT2D eigenvalue weighted by Gasteiger charge is -2.18. The number of aryl methyl sites for hydroxylation is 2. The van der Waals surface area contributed by atoms with Crippen molar-refractivity contribution in [3.05, 3.63) is 65.2 Å². The molecular weight excluding hydrogens is 360 g/mol. The normalized spacial score (nSPS) is 11.5. The van der Waals surface area contributed by atoms with Crippen LogP contribution in [0.4, 0.5) is 10.5 Å². The van der Waals surface area contributed by atoms with E-state index in [1.807, 2.05) is 62.4 Å². The van der Waals surface area contributed by atoms with Gasteiger partial charge in [-0.15, -0.1) is 0 Å². The Kier molecular flexibility index (Phi) is 8.20. The number of esters is 1. The van der Waals surface area contributed by atoms with Gasteiger partial charge in [-0.3, -0.25) is 0 Å². The average Bonchev–Trinajstić information content (AvgIpc) is 2.65. The Morgan fingerprint density at radius 2 is 1.85 bits per heavy atom. The number of hydrogen-bond donors (Lipinski definition) is 2. The third-order valence-electron chi connectivity index (χ3n) is 3.91. The molecule has 0 saturated carbocycles. The summed E-state index contributed by atoms with van der Waals surface area (Å²) < 4.78 is 5.11. The number of carbonyl (C=O) groups is 2. The van der Waals surface area contributed by atoms with Gasteiger partial charge in [0.25, 0.3) is 0 Å². The fourth-order valence-electron chi connectivity index (χ4n) is 2.47. The van der Waals surface area contributed by atoms with E-state index in [0.29, 0.717) is 5.75 Å². The summed E-state index contributed by atoms with van der Waals surface area (Å²) in [5.41, 5.74) is 3.91. The molecule has 2 aromatic rings. The van der Waals surface area contributed by atoms with Crippen molar-refractivity contribution in [3.63, 3.8) is 0 Å². The van der Waals surface area contributed by atoms with Gasteiger partial charge in [0.15, 0.2) is 0 Å². The van der Waals surface area contributed by atoms with Gasteiger partial charge >= 0.3 is 12.0 Å². The lowest BCUT2D eigenvalue weighted by molar-refractivity contribution is -0.144. The van der Waals surface area contributed by atoms with Gasteiger partial charge in [0.2, 0.25) is 0 Å². The molecule has 0 bridgehead atoms. The molecule has 0 aromatic heterocycles. The summed E-state index contributed by atoms with van der Waals surface area (Å²) >= 11 is 1.58. The van der Waals surface area contributed by atoms with Crippen LogP contribution in [0, 0.1) is 13.8 Å². The highest BCUT2D eigenvalue weighted by molar-refractivity contribution is 7.98. The van der Waals surface area contributed by atoms with E-state index in [1.165, 1.54) is 5.56 Å². The van der Waals surface area contributed by atoms with E-state index in [-0.39, 0.29) is 6.61 Å². The molecule has 144 valence electrons. The first kappa shape index (κ1) is 20.8. The van der Waals surface area contributed by atoms with Crippen LogP contribution in [-0.2, 0) is 15.3 Å². The van der Waals surface area contributed by atoms with E-state index in [2.05, 4.69) is 10.6 Å². The number of hydrogen-bond acceptors (Lipinski definition) is 4. The molecule has 0 heterocycles. The number of rotatable bonds is 8. The van der Waals surface area contributed by atoms with Crippen molar-refractivity contribution >= 4 is 29.4 Å². The van der Waals surface area contributed by atoms with Crippen molar-refractivity contribution in [2.24, 2.45) is 0 Å². The van der Waals surface area contributed by atoms with E-state index in [4.69, 9.17) is 4.74 Å². The molecule has 5 nitrogen and oxygen atoms in total. The van der Waals surface area contributed by atoms with Gasteiger partial charge in [-0.05, 0) is 43.5 Å². The van der Waals surface area contributed by atoms with Crippen LogP contribution >= 0.6 is 11.8 Å². The minimum atomic E-state index is -0.705. The van der Waals surface area contributed by atoms with E-state index < -0.39 is 18.0 Å². The number of benzene rings is 2. The summed E-state index contributed by atoms with van der Waals surface area (Å²) in [5.74, 6) is 0.777. The SMILES string of the molecule is CCOC(=O)C(CSCc1ccccc1)NC(=O)Nc1cc(C)ccc1C. The predicted molar refractivity (Wildman–Crippen MR) is 111 cm³/mol. The Bertz CT molecular complexity index is 765. The maximum atomic E-state index is 12.4. The second-order valence-corrected chi connectivity index (χ2v) is 7.25. The van der Waals surface area contributed by atoms with E-state index >= 15 is 0 Å². The quantitative estimate of drug-likeness (QED) is 0.664. The molecular formula is C21H26N2O3S. The second kappa shape index (κ2) is 10.6. The first-order valence-electron chi connectivity index (χ1n) is 8.92. The number of thioether (sulfide) groups is 1. The van der Waals surface area contributed by atoms with Crippen LogP contribution in [0.2, 0.25) is 0 Å². The van der Waals surface area contributed by atoms with Crippen molar-refractivity contribution in [2.45, 2.75) is 32.6 Å². The molecule has 2 rings (SSSR count). The molecule has 0 spiro atoms. The van der Waals surface area contributed by atoms with Gasteiger partial charge in [-0.25, -0.2) is 9.59 Å². The number of amides is 2. The Morgan fingerprint density at radius 3 is 2.56 bits per heavy atom. The van der Waals surface area contributed by atoms with Crippen molar-refractivity contribution in [1.29, 1.82) is 0 Å². The topological polar surface area (TPSA) is 67.4 Å². The summed E-state index contributed by atoms with van der Waals surface area (Å²) in [5, 5.41) is 5.56. The molecule has 27 heavy (non-hydrogen) atoms. The van der Waals surface area contributed by atoms with E-state index in [0.717, 1.165) is 22.6 Å². The lowest BCUT2D eigenvalue weighted by atomic mass is 10.1. The Morgan fingerprint density at radius 1 is 1.11 bits per heavy atom. The molecule has 0 saturated heterocycles. The largest absolute Gasteiger partial charge is 0.464 e. The first-order chi connectivity index (χ1) is 13.0. The molecule has 2 N–H and O–H groups in total. The van der Waals surface area contributed by atoms with Crippen LogP contribution in [0.1, 0.15) is 23.6 Å². The van der Waals surface area contributed by atoms with Gasteiger partial charge in [-0.2, -0.15) is 11.8 Å². The highest BCUT2D eigenvalue weighted by Crippen LogP contribution is 2.17. The summed E-state index contributed by atoms with van der Waals surface area (Å²) in [6.07, 6.45) is 0. The predicted octanol–water partition coefficient (Wildman–Crippen LogP) is 4.29. The molecule has 2 aromatic carbocycles. The number of nitrogens with one attached hydrogen (secondary N) is 2.